The maximum atomic E-state index is 11.0. The van der Waals surface area contributed by atoms with E-state index in [0.29, 0.717) is 5.82 Å². The summed E-state index contributed by atoms with van der Waals surface area (Å²) in [6, 6.07) is 13.1. The average molecular weight is 333 g/mol. The number of hydrogen-bond acceptors (Lipinski definition) is 4. The summed E-state index contributed by atoms with van der Waals surface area (Å²) in [7, 11) is 0. The van der Waals surface area contributed by atoms with Crippen LogP contribution >= 0.6 is 22.9 Å². The minimum atomic E-state index is -0.0905. The lowest BCUT2D eigenvalue weighted by Gasteiger charge is -2.05. The van der Waals surface area contributed by atoms with Gasteiger partial charge in [-0.1, -0.05) is 11.6 Å². The molecule has 1 amide bonds. The van der Waals surface area contributed by atoms with E-state index >= 15 is 0 Å². The summed E-state index contributed by atoms with van der Waals surface area (Å²) in [5, 5.41) is 13.1. The van der Waals surface area contributed by atoms with Gasteiger partial charge in [0.15, 0.2) is 5.82 Å². The number of H-pyrrole nitrogens is 1. The van der Waals surface area contributed by atoms with E-state index < -0.39 is 0 Å². The van der Waals surface area contributed by atoms with Crippen LogP contribution in [0.4, 0.5) is 17.2 Å². The number of hydrogen-bond donors (Lipinski definition) is 3. The molecule has 0 aliphatic rings. The third-order valence-electron chi connectivity index (χ3n) is 2.89. The largest absolute Gasteiger partial charge is 0.339 e. The van der Waals surface area contributed by atoms with Crippen molar-refractivity contribution in [3.63, 3.8) is 0 Å². The first kappa shape index (κ1) is 14.6. The molecule has 22 heavy (non-hydrogen) atoms. The number of benzene rings is 1. The van der Waals surface area contributed by atoms with Crippen LogP contribution in [0.1, 0.15) is 6.92 Å². The molecule has 3 N–H and O–H groups in total. The van der Waals surface area contributed by atoms with E-state index in [1.54, 1.807) is 0 Å². The predicted molar refractivity (Wildman–Crippen MR) is 90.9 cm³/mol. The molecule has 1 aromatic carbocycles. The summed E-state index contributed by atoms with van der Waals surface area (Å²) in [6.07, 6.45) is 0. The van der Waals surface area contributed by atoms with Crippen molar-refractivity contribution >= 4 is 46.0 Å². The van der Waals surface area contributed by atoms with Crippen molar-refractivity contribution < 1.29 is 4.79 Å². The van der Waals surface area contributed by atoms with E-state index in [1.807, 2.05) is 42.5 Å². The fourth-order valence-electron chi connectivity index (χ4n) is 1.96. The van der Waals surface area contributed by atoms with E-state index in [4.69, 9.17) is 11.6 Å². The first-order valence-electron chi connectivity index (χ1n) is 6.56. The second-order valence-corrected chi connectivity index (χ2v) is 6.37. The van der Waals surface area contributed by atoms with Crippen molar-refractivity contribution in [2.45, 2.75) is 6.92 Å². The number of nitrogens with zero attached hydrogens (tertiary/aromatic N) is 1. The van der Waals surface area contributed by atoms with E-state index in [2.05, 4.69) is 20.8 Å². The maximum absolute atomic E-state index is 11.0. The van der Waals surface area contributed by atoms with Crippen LogP contribution in [0.2, 0.25) is 4.34 Å². The lowest BCUT2D eigenvalue weighted by atomic mass is 10.2. The molecule has 3 rings (SSSR count). The molecule has 2 heterocycles. The second kappa shape index (κ2) is 6.21. The molecule has 0 aliphatic heterocycles. The van der Waals surface area contributed by atoms with Crippen molar-refractivity contribution in [2.24, 2.45) is 0 Å². The summed E-state index contributed by atoms with van der Waals surface area (Å²) in [6.45, 7) is 1.48. The molecule has 112 valence electrons. The van der Waals surface area contributed by atoms with Crippen molar-refractivity contribution in [1.82, 2.24) is 10.2 Å². The molecule has 0 spiro atoms. The highest BCUT2D eigenvalue weighted by Gasteiger charge is 2.06. The van der Waals surface area contributed by atoms with E-state index in [0.717, 1.165) is 26.3 Å². The van der Waals surface area contributed by atoms with Gasteiger partial charge in [-0.3, -0.25) is 9.89 Å². The fourth-order valence-corrected chi connectivity index (χ4v) is 2.97. The number of carbonyl (C=O) groups is 1. The number of rotatable bonds is 4. The van der Waals surface area contributed by atoms with Gasteiger partial charge in [0.05, 0.1) is 14.9 Å². The van der Waals surface area contributed by atoms with Crippen LogP contribution in [-0.2, 0) is 4.79 Å². The third kappa shape index (κ3) is 3.47. The van der Waals surface area contributed by atoms with Gasteiger partial charge in [0.2, 0.25) is 5.91 Å². The topological polar surface area (TPSA) is 69.8 Å². The van der Waals surface area contributed by atoms with Crippen LogP contribution in [0.3, 0.4) is 0 Å². The highest BCUT2D eigenvalue weighted by atomic mass is 35.5. The SMILES string of the molecule is CC(=O)Nc1ccc(Nc2cc(-c3ccc(Cl)s3)[nH]n2)cc1. The van der Waals surface area contributed by atoms with Crippen LogP contribution in [0.5, 0.6) is 0 Å². The highest BCUT2D eigenvalue weighted by molar-refractivity contribution is 7.19. The minimum absolute atomic E-state index is 0.0905. The van der Waals surface area contributed by atoms with Crippen LogP contribution in [0.25, 0.3) is 10.6 Å². The number of aromatic nitrogens is 2. The van der Waals surface area contributed by atoms with Crippen molar-refractivity contribution in [2.75, 3.05) is 10.6 Å². The Bertz CT molecular complexity index is 794. The molecule has 0 saturated carbocycles. The van der Waals surface area contributed by atoms with Gasteiger partial charge < -0.3 is 10.6 Å². The van der Waals surface area contributed by atoms with Gasteiger partial charge in [-0.25, -0.2) is 0 Å². The number of amides is 1. The lowest BCUT2D eigenvalue weighted by Crippen LogP contribution is -2.05. The van der Waals surface area contributed by atoms with E-state index in [9.17, 15) is 4.79 Å². The Morgan fingerprint density at radius 2 is 1.91 bits per heavy atom. The monoisotopic (exact) mass is 332 g/mol. The van der Waals surface area contributed by atoms with E-state index in [1.165, 1.54) is 18.3 Å². The Kier molecular flexibility index (Phi) is 4.13. The Morgan fingerprint density at radius 1 is 1.18 bits per heavy atom. The van der Waals surface area contributed by atoms with Crippen LogP contribution in [-0.4, -0.2) is 16.1 Å². The van der Waals surface area contributed by atoms with Gasteiger partial charge in [-0.2, -0.15) is 5.10 Å². The van der Waals surface area contributed by atoms with Gasteiger partial charge in [-0.15, -0.1) is 11.3 Å². The molecule has 0 atom stereocenters. The molecular formula is C15H13ClN4OS. The molecule has 0 aliphatic carbocycles. The lowest BCUT2D eigenvalue weighted by molar-refractivity contribution is -0.114. The summed E-state index contributed by atoms with van der Waals surface area (Å²) < 4.78 is 0.743. The zero-order valence-corrected chi connectivity index (χ0v) is 13.3. The second-order valence-electron chi connectivity index (χ2n) is 4.65. The number of aromatic amines is 1. The summed E-state index contributed by atoms with van der Waals surface area (Å²) >= 11 is 7.43. The molecule has 5 nitrogen and oxygen atoms in total. The number of anilines is 3. The van der Waals surface area contributed by atoms with Crippen molar-refractivity contribution in [1.29, 1.82) is 0 Å². The van der Waals surface area contributed by atoms with Crippen LogP contribution in [0.15, 0.2) is 42.5 Å². The van der Waals surface area contributed by atoms with Gasteiger partial charge in [0, 0.05) is 24.4 Å². The zero-order valence-electron chi connectivity index (χ0n) is 11.7. The van der Waals surface area contributed by atoms with Gasteiger partial charge in [-0.05, 0) is 36.4 Å². The maximum Gasteiger partial charge on any atom is 0.221 e. The molecule has 0 saturated heterocycles. The fraction of sp³-hybridized carbons (Fsp3) is 0.0667. The third-order valence-corrected chi connectivity index (χ3v) is 4.16. The molecule has 0 radical (unpaired) electrons. The molecule has 0 bridgehead atoms. The highest BCUT2D eigenvalue weighted by Crippen LogP contribution is 2.31. The Balaban J connectivity index is 1.71. The molecule has 0 fully saturated rings. The predicted octanol–water partition coefficient (Wildman–Crippen LogP) is 4.49. The number of thiophene rings is 1. The smallest absolute Gasteiger partial charge is 0.221 e. The summed E-state index contributed by atoms with van der Waals surface area (Å²) in [5.41, 5.74) is 2.56. The Hall–Kier alpha value is -2.31. The number of carbonyl (C=O) groups excluding carboxylic acids is 1. The van der Waals surface area contributed by atoms with Crippen molar-refractivity contribution in [3.05, 3.63) is 46.8 Å². The first-order chi connectivity index (χ1) is 10.6. The van der Waals surface area contributed by atoms with Gasteiger partial charge in [0.1, 0.15) is 0 Å². The summed E-state index contributed by atoms with van der Waals surface area (Å²) in [5.74, 6) is 0.624. The standard InChI is InChI=1S/C15H13ClN4OS/c1-9(21)17-10-2-4-11(5-3-10)18-15-8-12(19-20-15)13-6-7-14(16)22-13/h2-8H,1H3,(H,17,21)(H2,18,19,20). The van der Waals surface area contributed by atoms with Crippen molar-refractivity contribution in [3.8, 4) is 10.6 Å². The summed E-state index contributed by atoms with van der Waals surface area (Å²) in [4.78, 5) is 12.0. The normalized spacial score (nSPS) is 10.5. The molecule has 0 unspecified atom stereocenters. The first-order valence-corrected chi connectivity index (χ1v) is 7.75. The molecular weight excluding hydrogens is 320 g/mol. The van der Waals surface area contributed by atoms with Gasteiger partial charge >= 0.3 is 0 Å². The molecule has 3 aromatic rings. The number of halogens is 1. The quantitative estimate of drug-likeness (QED) is 0.659. The van der Waals surface area contributed by atoms with E-state index in [-0.39, 0.29) is 5.91 Å². The number of nitrogens with one attached hydrogen (secondary N) is 3. The Labute approximate surface area is 136 Å². The Morgan fingerprint density at radius 3 is 2.55 bits per heavy atom. The van der Waals surface area contributed by atoms with Gasteiger partial charge in [0.25, 0.3) is 0 Å². The molecule has 7 heteroatoms. The molecule has 2 aromatic heterocycles. The average Bonchev–Trinajstić information content (AvgIpc) is 3.09. The van der Waals surface area contributed by atoms with Crippen LogP contribution in [0, 0.1) is 0 Å². The zero-order chi connectivity index (χ0) is 15.5. The minimum Gasteiger partial charge on any atom is -0.339 e. The van der Waals surface area contributed by atoms with Crippen LogP contribution < -0.4 is 10.6 Å².